The van der Waals surface area contributed by atoms with Gasteiger partial charge in [-0.15, -0.1) is 0 Å². The van der Waals surface area contributed by atoms with Gasteiger partial charge in [0.05, 0.1) is 7.11 Å². The van der Waals surface area contributed by atoms with Gasteiger partial charge in [0.15, 0.2) is 5.17 Å². The van der Waals surface area contributed by atoms with Gasteiger partial charge in [-0.3, -0.25) is 4.99 Å². The third kappa shape index (κ3) is 3.95. The van der Waals surface area contributed by atoms with Crippen molar-refractivity contribution in [3.05, 3.63) is 29.8 Å². The van der Waals surface area contributed by atoms with E-state index in [0.29, 0.717) is 6.04 Å². The quantitative estimate of drug-likeness (QED) is 0.908. The van der Waals surface area contributed by atoms with Crippen LogP contribution in [0.3, 0.4) is 0 Å². The molecule has 3 nitrogen and oxygen atoms in total. The van der Waals surface area contributed by atoms with Crippen LogP contribution < -0.4 is 10.1 Å². The molecule has 1 aromatic carbocycles. The van der Waals surface area contributed by atoms with Crippen LogP contribution in [0.15, 0.2) is 29.3 Å². The minimum atomic E-state index is 0.557. The average Bonchev–Trinajstić information content (AvgIpc) is 2.39. The highest BCUT2D eigenvalue weighted by Crippen LogP contribution is 2.15. The molecule has 1 fully saturated rings. The molecule has 1 aromatic rings. The topological polar surface area (TPSA) is 33.6 Å². The van der Waals surface area contributed by atoms with Crippen LogP contribution >= 0.6 is 11.8 Å². The third-order valence-corrected chi connectivity index (χ3v) is 3.91. The first kappa shape index (κ1) is 13.3. The SMILES string of the molecule is COc1cccc(CCN=C2NC(C)CCS2)c1. The zero-order valence-corrected chi connectivity index (χ0v) is 11.8. The maximum absolute atomic E-state index is 5.21. The van der Waals surface area contributed by atoms with Gasteiger partial charge in [-0.1, -0.05) is 23.9 Å². The highest BCUT2D eigenvalue weighted by atomic mass is 32.2. The second-order valence-corrected chi connectivity index (χ2v) is 5.55. The number of aliphatic imine (C=N–C) groups is 1. The lowest BCUT2D eigenvalue weighted by atomic mass is 10.1. The summed E-state index contributed by atoms with van der Waals surface area (Å²) in [5.74, 6) is 2.09. The minimum absolute atomic E-state index is 0.557. The normalized spacial score (nSPS) is 21.7. The first-order chi connectivity index (χ1) is 8.78. The van der Waals surface area contributed by atoms with Gasteiger partial charge >= 0.3 is 0 Å². The van der Waals surface area contributed by atoms with Gasteiger partial charge in [-0.05, 0) is 37.5 Å². The van der Waals surface area contributed by atoms with Crippen LogP contribution in [-0.4, -0.2) is 30.6 Å². The Kier molecular flexibility index (Phi) is 4.93. The van der Waals surface area contributed by atoms with E-state index in [1.165, 1.54) is 17.7 Å². The molecule has 1 N–H and O–H groups in total. The van der Waals surface area contributed by atoms with Crippen LogP contribution in [-0.2, 0) is 6.42 Å². The fourth-order valence-electron chi connectivity index (χ4n) is 1.86. The van der Waals surface area contributed by atoms with E-state index in [4.69, 9.17) is 4.74 Å². The van der Waals surface area contributed by atoms with Crippen molar-refractivity contribution in [2.24, 2.45) is 4.99 Å². The van der Waals surface area contributed by atoms with Crippen LogP contribution in [0.2, 0.25) is 0 Å². The van der Waals surface area contributed by atoms with E-state index in [1.807, 2.05) is 23.9 Å². The maximum atomic E-state index is 5.21. The zero-order valence-electron chi connectivity index (χ0n) is 11.0. The average molecular weight is 264 g/mol. The number of hydrogen-bond donors (Lipinski definition) is 1. The molecule has 1 unspecified atom stereocenters. The van der Waals surface area contributed by atoms with Crippen molar-refractivity contribution in [3.8, 4) is 5.75 Å². The molecule has 1 saturated heterocycles. The van der Waals surface area contributed by atoms with Crippen molar-refractivity contribution < 1.29 is 4.74 Å². The van der Waals surface area contributed by atoms with Crippen molar-refractivity contribution in [2.45, 2.75) is 25.8 Å². The number of methoxy groups -OCH3 is 1. The van der Waals surface area contributed by atoms with Crippen molar-refractivity contribution >= 4 is 16.9 Å². The molecule has 0 spiro atoms. The van der Waals surface area contributed by atoms with Crippen LogP contribution in [0.4, 0.5) is 0 Å². The second kappa shape index (κ2) is 6.69. The smallest absolute Gasteiger partial charge is 0.156 e. The van der Waals surface area contributed by atoms with Crippen molar-refractivity contribution in [3.63, 3.8) is 0 Å². The highest BCUT2D eigenvalue weighted by molar-refractivity contribution is 8.13. The Morgan fingerprint density at radius 2 is 2.39 bits per heavy atom. The largest absolute Gasteiger partial charge is 0.497 e. The van der Waals surface area contributed by atoms with Crippen molar-refractivity contribution in [1.82, 2.24) is 5.32 Å². The van der Waals surface area contributed by atoms with E-state index in [1.54, 1.807) is 7.11 Å². The predicted octanol–water partition coefficient (Wildman–Crippen LogP) is 2.71. The van der Waals surface area contributed by atoms with E-state index in [9.17, 15) is 0 Å². The molecule has 0 amide bonds. The molecule has 0 saturated carbocycles. The number of rotatable bonds is 4. The Morgan fingerprint density at radius 3 is 3.17 bits per heavy atom. The van der Waals surface area contributed by atoms with E-state index < -0.39 is 0 Å². The van der Waals surface area contributed by atoms with Gasteiger partial charge < -0.3 is 10.1 Å². The van der Waals surface area contributed by atoms with Gasteiger partial charge in [-0.25, -0.2) is 0 Å². The van der Waals surface area contributed by atoms with E-state index in [-0.39, 0.29) is 0 Å². The zero-order chi connectivity index (χ0) is 12.8. The molecule has 1 heterocycles. The molecule has 0 radical (unpaired) electrons. The summed E-state index contributed by atoms with van der Waals surface area (Å²) in [6, 6.07) is 8.74. The summed E-state index contributed by atoms with van der Waals surface area (Å²) in [6.07, 6.45) is 2.18. The Bertz CT molecular complexity index is 420. The number of amidine groups is 1. The number of thioether (sulfide) groups is 1. The molecule has 1 aliphatic heterocycles. The first-order valence-electron chi connectivity index (χ1n) is 6.34. The lowest BCUT2D eigenvalue weighted by molar-refractivity contribution is 0.414. The van der Waals surface area contributed by atoms with Crippen molar-refractivity contribution in [1.29, 1.82) is 0 Å². The number of nitrogens with one attached hydrogen (secondary N) is 1. The molecule has 1 atom stereocenters. The summed E-state index contributed by atoms with van der Waals surface area (Å²) in [6.45, 7) is 3.03. The molecule has 0 aromatic heterocycles. The summed E-state index contributed by atoms with van der Waals surface area (Å²) in [5.41, 5.74) is 1.27. The van der Waals surface area contributed by atoms with Crippen LogP contribution in [0, 0.1) is 0 Å². The van der Waals surface area contributed by atoms with E-state index >= 15 is 0 Å². The summed E-state index contributed by atoms with van der Waals surface area (Å²) in [4.78, 5) is 4.61. The Hall–Kier alpha value is -1.16. The van der Waals surface area contributed by atoms with Crippen LogP contribution in [0.25, 0.3) is 0 Å². The molecular weight excluding hydrogens is 244 g/mol. The van der Waals surface area contributed by atoms with E-state index in [2.05, 4.69) is 29.4 Å². The fourth-order valence-corrected chi connectivity index (χ4v) is 2.99. The highest BCUT2D eigenvalue weighted by Gasteiger charge is 2.12. The molecule has 2 rings (SSSR count). The number of benzene rings is 1. The monoisotopic (exact) mass is 264 g/mol. The number of nitrogens with zero attached hydrogens (tertiary/aromatic N) is 1. The number of ether oxygens (including phenoxy) is 1. The van der Waals surface area contributed by atoms with Crippen LogP contribution in [0.1, 0.15) is 18.9 Å². The van der Waals surface area contributed by atoms with Crippen LogP contribution in [0.5, 0.6) is 5.75 Å². The standard InChI is InChI=1S/C14H20N2OS/c1-11-7-9-18-14(16-11)15-8-6-12-4-3-5-13(10-12)17-2/h3-5,10-11H,6-9H2,1-2H3,(H,15,16). The van der Waals surface area contributed by atoms with Gasteiger partial charge in [0, 0.05) is 18.3 Å². The van der Waals surface area contributed by atoms with Gasteiger partial charge in [0.2, 0.25) is 0 Å². The fraction of sp³-hybridized carbons (Fsp3) is 0.500. The summed E-state index contributed by atoms with van der Waals surface area (Å²) >= 11 is 1.82. The minimum Gasteiger partial charge on any atom is -0.497 e. The summed E-state index contributed by atoms with van der Waals surface area (Å²) in [7, 11) is 1.70. The molecule has 0 aliphatic carbocycles. The van der Waals surface area contributed by atoms with Gasteiger partial charge in [-0.2, -0.15) is 0 Å². The predicted molar refractivity (Wildman–Crippen MR) is 78.7 cm³/mol. The van der Waals surface area contributed by atoms with E-state index in [0.717, 1.165) is 23.9 Å². The lowest BCUT2D eigenvalue weighted by Crippen LogP contribution is -2.35. The Morgan fingerprint density at radius 1 is 1.50 bits per heavy atom. The molecule has 98 valence electrons. The molecule has 18 heavy (non-hydrogen) atoms. The van der Waals surface area contributed by atoms with Gasteiger partial charge in [0.25, 0.3) is 0 Å². The third-order valence-electron chi connectivity index (χ3n) is 2.95. The molecular formula is C14H20N2OS. The van der Waals surface area contributed by atoms with Crippen molar-refractivity contribution in [2.75, 3.05) is 19.4 Å². The molecule has 0 bridgehead atoms. The Balaban J connectivity index is 1.85. The summed E-state index contributed by atoms with van der Waals surface area (Å²) in [5, 5.41) is 4.51. The lowest BCUT2D eigenvalue weighted by Gasteiger charge is -2.21. The molecule has 4 heteroatoms. The Labute approximate surface area is 113 Å². The summed E-state index contributed by atoms with van der Waals surface area (Å²) < 4.78 is 5.21. The molecule has 1 aliphatic rings. The first-order valence-corrected chi connectivity index (χ1v) is 7.33. The second-order valence-electron chi connectivity index (χ2n) is 4.47. The van der Waals surface area contributed by atoms with Gasteiger partial charge in [0.1, 0.15) is 5.75 Å². The maximum Gasteiger partial charge on any atom is 0.156 e. The number of hydrogen-bond acceptors (Lipinski definition) is 3.